The SMILES string of the molecule is Cc1ccc(C)c(N2CC(C(=O)Nc3cc(Cl)c(Cl)cc3Cl)CC2=O)c1. The Labute approximate surface area is 167 Å². The Bertz CT molecular complexity index is 899. The van der Waals surface area contributed by atoms with Gasteiger partial charge in [0.2, 0.25) is 11.8 Å². The Hall–Kier alpha value is -1.75. The van der Waals surface area contributed by atoms with Crippen molar-refractivity contribution in [2.75, 3.05) is 16.8 Å². The maximum absolute atomic E-state index is 12.6. The first-order chi connectivity index (χ1) is 12.3. The fourth-order valence-corrected chi connectivity index (χ4v) is 3.57. The zero-order chi connectivity index (χ0) is 19.0. The first-order valence-corrected chi connectivity index (χ1v) is 9.22. The highest BCUT2D eigenvalue weighted by molar-refractivity contribution is 6.44. The Morgan fingerprint density at radius 2 is 1.77 bits per heavy atom. The summed E-state index contributed by atoms with van der Waals surface area (Å²) in [5.74, 6) is -0.807. The summed E-state index contributed by atoms with van der Waals surface area (Å²) in [4.78, 5) is 26.7. The van der Waals surface area contributed by atoms with Crippen molar-refractivity contribution in [1.29, 1.82) is 0 Å². The van der Waals surface area contributed by atoms with Crippen molar-refractivity contribution in [1.82, 2.24) is 0 Å². The monoisotopic (exact) mass is 410 g/mol. The second-order valence-corrected chi connectivity index (χ2v) is 7.65. The summed E-state index contributed by atoms with van der Waals surface area (Å²) >= 11 is 18.0. The van der Waals surface area contributed by atoms with E-state index in [1.54, 1.807) is 4.90 Å². The molecule has 0 spiro atoms. The molecule has 1 saturated heterocycles. The molecule has 1 aliphatic heterocycles. The summed E-state index contributed by atoms with van der Waals surface area (Å²) in [6.07, 6.45) is 0.151. The number of hydrogen-bond acceptors (Lipinski definition) is 2. The van der Waals surface area contributed by atoms with E-state index in [1.807, 2.05) is 32.0 Å². The van der Waals surface area contributed by atoms with Gasteiger partial charge in [-0.25, -0.2) is 0 Å². The lowest BCUT2D eigenvalue weighted by molar-refractivity contribution is -0.122. The van der Waals surface area contributed by atoms with Gasteiger partial charge in [0.05, 0.1) is 26.7 Å². The van der Waals surface area contributed by atoms with Crippen molar-refractivity contribution in [3.63, 3.8) is 0 Å². The number of benzene rings is 2. The molecule has 0 aliphatic carbocycles. The molecule has 1 aliphatic rings. The molecule has 4 nitrogen and oxygen atoms in total. The van der Waals surface area contributed by atoms with E-state index in [1.165, 1.54) is 12.1 Å². The van der Waals surface area contributed by atoms with Crippen LogP contribution in [0.2, 0.25) is 15.1 Å². The molecular weight excluding hydrogens is 395 g/mol. The van der Waals surface area contributed by atoms with E-state index in [0.29, 0.717) is 27.3 Å². The van der Waals surface area contributed by atoms with Crippen molar-refractivity contribution < 1.29 is 9.59 Å². The van der Waals surface area contributed by atoms with Gasteiger partial charge in [-0.15, -0.1) is 0 Å². The largest absolute Gasteiger partial charge is 0.324 e. The molecule has 0 aromatic heterocycles. The van der Waals surface area contributed by atoms with E-state index in [2.05, 4.69) is 5.32 Å². The molecule has 1 fully saturated rings. The van der Waals surface area contributed by atoms with Gasteiger partial charge in [-0.3, -0.25) is 9.59 Å². The van der Waals surface area contributed by atoms with Gasteiger partial charge in [-0.1, -0.05) is 46.9 Å². The number of rotatable bonds is 3. The maximum Gasteiger partial charge on any atom is 0.229 e. The minimum absolute atomic E-state index is 0.0703. The van der Waals surface area contributed by atoms with E-state index in [9.17, 15) is 9.59 Å². The van der Waals surface area contributed by atoms with Crippen LogP contribution >= 0.6 is 34.8 Å². The highest BCUT2D eigenvalue weighted by Gasteiger charge is 2.36. The maximum atomic E-state index is 12.6. The van der Waals surface area contributed by atoms with Crippen molar-refractivity contribution in [3.05, 3.63) is 56.5 Å². The number of anilines is 2. The van der Waals surface area contributed by atoms with Crippen molar-refractivity contribution in [2.24, 2.45) is 5.92 Å². The number of halogens is 3. The zero-order valence-electron chi connectivity index (χ0n) is 14.3. The second-order valence-electron chi connectivity index (χ2n) is 6.43. The van der Waals surface area contributed by atoms with Crippen molar-refractivity contribution in [2.45, 2.75) is 20.3 Å². The number of nitrogens with one attached hydrogen (secondary N) is 1. The molecule has 2 aromatic carbocycles. The summed E-state index contributed by atoms with van der Waals surface area (Å²) in [5, 5.41) is 3.65. The van der Waals surface area contributed by atoms with Crippen LogP contribution in [0.25, 0.3) is 0 Å². The first kappa shape index (κ1) is 19.0. The van der Waals surface area contributed by atoms with Crippen LogP contribution in [0.4, 0.5) is 11.4 Å². The molecule has 26 heavy (non-hydrogen) atoms. The third-order valence-corrected chi connectivity index (χ3v) is 5.45. The van der Waals surface area contributed by atoms with Gasteiger partial charge < -0.3 is 10.2 Å². The lowest BCUT2D eigenvalue weighted by Crippen LogP contribution is -2.28. The fourth-order valence-electron chi connectivity index (χ4n) is 2.98. The topological polar surface area (TPSA) is 49.4 Å². The van der Waals surface area contributed by atoms with Crippen molar-refractivity contribution in [3.8, 4) is 0 Å². The van der Waals surface area contributed by atoms with Crippen LogP contribution in [-0.4, -0.2) is 18.4 Å². The number of hydrogen-bond donors (Lipinski definition) is 1. The van der Waals surface area contributed by atoms with Crippen LogP contribution in [0.1, 0.15) is 17.5 Å². The molecule has 0 saturated carbocycles. The van der Waals surface area contributed by atoms with E-state index in [4.69, 9.17) is 34.8 Å². The minimum atomic E-state index is -0.465. The van der Waals surface area contributed by atoms with Gasteiger partial charge in [-0.05, 0) is 43.2 Å². The Morgan fingerprint density at radius 3 is 2.50 bits per heavy atom. The van der Waals surface area contributed by atoms with E-state index < -0.39 is 5.92 Å². The lowest BCUT2D eigenvalue weighted by atomic mass is 10.1. The first-order valence-electron chi connectivity index (χ1n) is 8.09. The number of carbonyl (C=O) groups excluding carboxylic acids is 2. The number of amides is 2. The molecule has 136 valence electrons. The average molecular weight is 412 g/mol. The average Bonchev–Trinajstić information content (AvgIpc) is 2.96. The zero-order valence-corrected chi connectivity index (χ0v) is 16.5. The Kier molecular flexibility index (Phi) is 5.47. The number of carbonyl (C=O) groups is 2. The Balaban J connectivity index is 1.77. The molecule has 1 N–H and O–H groups in total. The fraction of sp³-hybridized carbons (Fsp3) is 0.263. The van der Waals surface area contributed by atoms with Gasteiger partial charge >= 0.3 is 0 Å². The lowest BCUT2D eigenvalue weighted by Gasteiger charge is -2.20. The normalized spacial score (nSPS) is 16.9. The van der Waals surface area contributed by atoms with Gasteiger partial charge in [0.25, 0.3) is 0 Å². The molecule has 1 atom stereocenters. The molecule has 0 radical (unpaired) electrons. The van der Waals surface area contributed by atoms with E-state index >= 15 is 0 Å². The summed E-state index contributed by atoms with van der Waals surface area (Å²) in [7, 11) is 0. The predicted molar refractivity (Wildman–Crippen MR) is 106 cm³/mol. The highest BCUT2D eigenvalue weighted by atomic mass is 35.5. The van der Waals surface area contributed by atoms with Gasteiger partial charge in [-0.2, -0.15) is 0 Å². The van der Waals surface area contributed by atoms with Crippen LogP contribution < -0.4 is 10.2 Å². The molecule has 0 bridgehead atoms. The summed E-state index contributed by atoms with van der Waals surface area (Å²) in [6, 6.07) is 8.91. The summed E-state index contributed by atoms with van der Waals surface area (Å²) < 4.78 is 0. The highest BCUT2D eigenvalue weighted by Crippen LogP contribution is 2.34. The van der Waals surface area contributed by atoms with Gasteiger partial charge in [0.15, 0.2) is 0 Å². The smallest absolute Gasteiger partial charge is 0.229 e. The third-order valence-electron chi connectivity index (χ3n) is 4.42. The van der Waals surface area contributed by atoms with Crippen LogP contribution in [0.15, 0.2) is 30.3 Å². The summed E-state index contributed by atoms with van der Waals surface area (Å²) in [6.45, 7) is 4.25. The molecule has 1 unspecified atom stereocenters. The van der Waals surface area contributed by atoms with Crippen LogP contribution in [0, 0.1) is 19.8 Å². The van der Waals surface area contributed by atoms with Crippen LogP contribution in [0.3, 0.4) is 0 Å². The van der Waals surface area contributed by atoms with E-state index in [0.717, 1.165) is 16.8 Å². The standard InChI is InChI=1S/C19H17Cl3N2O2/c1-10-3-4-11(2)17(5-10)24-9-12(6-18(24)25)19(26)23-16-8-14(21)13(20)7-15(16)22/h3-5,7-8,12H,6,9H2,1-2H3,(H,23,26). The quantitative estimate of drug-likeness (QED) is 0.701. The summed E-state index contributed by atoms with van der Waals surface area (Å²) in [5.41, 5.74) is 3.29. The number of nitrogens with zero attached hydrogens (tertiary/aromatic N) is 1. The van der Waals surface area contributed by atoms with Crippen LogP contribution in [-0.2, 0) is 9.59 Å². The molecule has 3 rings (SSSR count). The third kappa shape index (κ3) is 3.83. The van der Waals surface area contributed by atoms with E-state index in [-0.39, 0.29) is 18.2 Å². The second kappa shape index (κ2) is 7.47. The predicted octanol–water partition coefficient (Wildman–Crippen LogP) is 5.26. The minimum Gasteiger partial charge on any atom is -0.324 e. The van der Waals surface area contributed by atoms with Gasteiger partial charge in [0.1, 0.15) is 0 Å². The number of aryl methyl sites for hydroxylation is 2. The molecule has 1 heterocycles. The van der Waals surface area contributed by atoms with Crippen LogP contribution in [0.5, 0.6) is 0 Å². The van der Waals surface area contributed by atoms with Gasteiger partial charge in [0, 0.05) is 18.7 Å². The van der Waals surface area contributed by atoms with Crippen molar-refractivity contribution >= 4 is 58.0 Å². The molecule has 7 heteroatoms. The molecule has 2 amide bonds. The molecular formula is C19H17Cl3N2O2. The molecule has 2 aromatic rings. The Morgan fingerprint density at radius 1 is 1.08 bits per heavy atom.